The summed E-state index contributed by atoms with van der Waals surface area (Å²) in [6, 6.07) is 7.48. The molecule has 0 radical (unpaired) electrons. The number of amides is 1. The molecule has 0 saturated carbocycles. The Kier molecular flexibility index (Phi) is 5.71. The highest BCUT2D eigenvalue weighted by Gasteiger charge is 2.15. The molecule has 2 N–H and O–H groups in total. The number of nitrogens with zero attached hydrogens (tertiary/aromatic N) is 3. The number of anilines is 1. The van der Waals surface area contributed by atoms with Gasteiger partial charge in [0.2, 0.25) is 5.88 Å². The number of fused-ring (bicyclic) bond motifs is 1. The maximum absolute atomic E-state index is 12.7. The minimum Gasteiger partial charge on any atom is -0.478 e. The molecule has 0 aliphatic rings. The van der Waals surface area contributed by atoms with Crippen LogP contribution in [0, 0.1) is 13.8 Å². The highest BCUT2D eigenvalue weighted by atomic mass is 16.5. The van der Waals surface area contributed by atoms with E-state index in [0.717, 1.165) is 29.7 Å². The van der Waals surface area contributed by atoms with Crippen LogP contribution < -0.4 is 10.1 Å². The van der Waals surface area contributed by atoms with E-state index in [4.69, 9.17) is 4.74 Å². The number of nitrogens with one attached hydrogen (secondary N) is 2. The first-order chi connectivity index (χ1) is 12.9. The van der Waals surface area contributed by atoms with Gasteiger partial charge in [-0.2, -0.15) is 0 Å². The summed E-state index contributed by atoms with van der Waals surface area (Å²) in [4.78, 5) is 26.7. The normalized spacial score (nSPS) is 11.1. The van der Waals surface area contributed by atoms with Crippen LogP contribution in [0.2, 0.25) is 0 Å². The van der Waals surface area contributed by atoms with Gasteiger partial charge in [-0.05, 0) is 58.1 Å². The Morgan fingerprint density at radius 2 is 2.04 bits per heavy atom. The first-order valence-electron chi connectivity index (χ1n) is 8.94. The van der Waals surface area contributed by atoms with Crippen LogP contribution in [0.25, 0.3) is 11.0 Å². The van der Waals surface area contributed by atoms with E-state index in [-0.39, 0.29) is 5.91 Å². The lowest BCUT2D eigenvalue weighted by Crippen LogP contribution is -2.15. The molecule has 3 aromatic heterocycles. The van der Waals surface area contributed by atoms with E-state index in [2.05, 4.69) is 25.2 Å². The molecule has 0 atom stereocenters. The Bertz CT molecular complexity index is 928. The van der Waals surface area contributed by atoms with Gasteiger partial charge in [0.05, 0.1) is 17.7 Å². The molecule has 0 aromatic carbocycles. The zero-order chi connectivity index (χ0) is 19.4. The van der Waals surface area contributed by atoms with Gasteiger partial charge in [-0.15, -0.1) is 0 Å². The highest BCUT2D eigenvalue weighted by Crippen LogP contribution is 2.21. The van der Waals surface area contributed by atoms with Crippen LogP contribution in [0.4, 0.5) is 5.82 Å². The number of hydrogen-bond donors (Lipinski definition) is 2. The summed E-state index contributed by atoms with van der Waals surface area (Å²) >= 11 is 0. The summed E-state index contributed by atoms with van der Waals surface area (Å²) in [5, 5.41) is 2.85. The van der Waals surface area contributed by atoms with Crippen molar-refractivity contribution in [1.29, 1.82) is 0 Å². The number of aromatic amines is 1. The third-order valence-electron chi connectivity index (χ3n) is 4.08. The number of carbonyl (C=O) groups is 1. The second kappa shape index (κ2) is 8.18. The van der Waals surface area contributed by atoms with E-state index in [1.165, 1.54) is 0 Å². The van der Waals surface area contributed by atoms with Crippen molar-refractivity contribution in [3.63, 3.8) is 0 Å². The molecule has 0 spiro atoms. The summed E-state index contributed by atoms with van der Waals surface area (Å²) in [5.41, 5.74) is 3.74. The Morgan fingerprint density at radius 1 is 1.22 bits per heavy atom. The van der Waals surface area contributed by atoms with E-state index >= 15 is 0 Å². The van der Waals surface area contributed by atoms with Crippen molar-refractivity contribution in [2.45, 2.75) is 20.3 Å². The topological polar surface area (TPSA) is 83.1 Å². The number of rotatable bonds is 7. The Morgan fingerprint density at radius 3 is 2.78 bits per heavy atom. The maximum Gasteiger partial charge on any atom is 0.260 e. The molecule has 3 rings (SSSR count). The average molecular weight is 367 g/mol. The number of aromatic nitrogens is 3. The maximum atomic E-state index is 12.7. The van der Waals surface area contributed by atoms with Crippen LogP contribution in [-0.2, 0) is 0 Å². The summed E-state index contributed by atoms with van der Waals surface area (Å²) in [7, 11) is 4.05. The predicted octanol–water partition coefficient (Wildman–Crippen LogP) is 3.16. The minimum absolute atomic E-state index is 0.254. The van der Waals surface area contributed by atoms with Gasteiger partial charge >= 0.3 is 0 Å². The Labute approximate surface area is 158 Å². The lowest BCUT2D eigenvalue weighted by atomic mass is 10.2. The zero-order valence-electron chi connectivity index (χ0n) is 16.2. The summed E-state index contributed by atoms with van der Waals surface area (Å²) in [5.74, 6) is 0.790. The quantitative estimate of drug-likeness (QED) is 0.627. The van der Waals surface area contributed by atoms with E-state index in [1.54, 1.807) is 6.20 Å². The first-order valence-corrected chi connectivity index (χ1v) is 8.94. The Hall–Kier alpha value is -2.93. The van der Waals surface area contributed by atoms with Gasteiger partial charge in [-0.25, -0.2) is 9.97 Å². The Balaban J connectivity index is 1.75. The molecule has 0 aliphatic heterocycles. The van der Waals surface area contributed by atoms with Crippen LogP contribution in [0.15, 0.2) is 30.5 Å². The fourth-order valence-electron chi connectivity index (χ4n) is 2.88. The number of H-pyrrole nitrogens is 1. The molecule has 0 bridgehead atoms. The molecule has 7 heteroatoms. The molecule has 3 heterocycles. The lowest BCUT2D eigenvalue weighted by Gasteiger charge is -2.10. The largest absolute Gasteiger partial charge is 0.478 e. The molecule has 1 amide bonds. The molecular formula is C20H25N5O2. The molecule has 3 aromatic rings. The molecule has 7 nitrogen and oxygen atoms in total. The lowest BCUT2D eigenvalue weighted by molar-refractivity contribution is 0.102. The van der Waals surface area contributed by atoms with Crippen molar-refractivity contribution >= 4 is 22.8 Å². The van der Waals surface area contributed by atoms with Crippen LogP contribution >= 0.6 is 0 Å². The van der Waals surface area contributed by atoms with Gasteiger partial charge in [0, 0.05) is 24.5 Å². The molecular weight excluding hydrogens is 342 g/mol. The van der Waals surface area contributed by atoms with Crippen molar-refractivity contribution in [3.8, 4) is 5.88 Å². The van der Waals surface area contributed by atoms with Gasteiger partial charge in [-0.1, -0.05) is 0 Å². The van der Waals surface area contributed by atoms with Crippen LogP contribution in [0.3, 0.4) is 0 Å². The van der Waals surface area contributed by atoms with Crippen molar-refractivity contribution in [2.24, 2.45) is 0 Å². The van der Waals surface area contributed by atoms with E-state index in [0.29, 0.717) is 29.4 Å². The zero-order valence-corrected chi connectivity index (χ0v) is 16.2. The molecule has 0 aliphatic carbocycles. The van der Waals surface area contributed by atoms with E-state index in [1.807, 2.05) is 52.2 Å². The third-order valence-corrected chi connectivity index (χ3v) is 4.08. The van der Waals surface area contributed by atoms with Crippen LogP contribution in [0.1, 0.15) is 28.0 Å². The summed E-state index contributed by atoms with van der Waals surface area (Å²) in [6.45, 7) is 5.39. The number of ether oxygens (including phenoxy) is 1. The smallest absolute Gasteiger partial charge is 0.260 e. The van der Waals surface area contributed by atoms with E-state index in [9.17, 15) is 4.79 Å². The molecule has 27 heavy (non-hydrogen) atoms. The van der Waals surface area contributed by atoms with Crippen molar-refractivity contribution in [2.75, 3.05) is 32.6 Å². The van der Waals surface area contributed by atoms with Gasteiger partial charge in [0.15, 0.2) is 0 Å². The standard InChI is InChI=1S/C20H25N5O2/c1-13-10-14(2)22-17(11-13)23-20(26)15-12-21-16-6-7-18(24-19(15)16)27-9-5-8-25(3)4/h6-7,10-12,21H,5,8-9H2,1-4H3,(H,22,23,26). The van der Waals surface area contributed by atoms with Gasteiger partial charge in [-0.3, -0.25) is 4.79 Å². The summed E-state index contributed by atoms with van der Waals surface area (Å²) in [6.07, 6.45) is 2.57. The third kappa shape index (κ3) is 4.83. The SMILES string of the molecule is Cc1cc(C)nc(NC(=O)c2c[nH]c3ccc(OCCCN(C)C)nc23)c1. The minimum atomic E-state index is -0.254. The van der Waals surface area contributed by atoms with Gasteiger partial charge in [0.25, 0.3) is 5.91 Å². The van der Waals surface area contributed by atoms with E-state index < -0.39 is 0 Å². The molecule has 0 saturated heterocycles. The van der Waals surface area contributed by atoms with Crippen molar-refractivity contribution in [1.82, 2.24) is 19.9 Å². The van der Waals surface area contributed by atoms with Crippen molar-refractivity contribution < 1.29 is 9.53 Å². The molecule has 0 unspecified atom stereocenters. The second-order valence-corrected chi connectivity index (χ2v) is 6.88. The van der Waals surface area contributed by atoms with Crippen LogP contribution in [-0.4, -0.2) is 53.0 Å². The van der Waals surface area contributed by atoms with Crippen LogP contribution in [0.5, 0.6) is 5.88 Å². The number of carbonyl (C=O) groups excluding carboxylic acids is 1. The monoisotopic (exact) mass is 367 g/mol. The molecule has 142 valence electrons. The number of hydrogen-bond acceptors (Lipinski definition) is 5. The fourth-order valence-corrected chi connectivity index (χ4v) is 2.88. The second-order valence-electron chi connectivity index (χ2n) is 6.88. The van der Waals surface area contributed by atoms with Crippen molar-refractivity contribution in [3.05, 3.63) is 47.3 Å². The predicted molar refractivity (Wildman–Crippen MR) is 106 cm³/mol. The molecule has 0 fully saturated rings. The van der Waals surface area contributed by atoms with Gasteiger partial charge in [0.1, 0.15) is 11.3 Å². The first kappa shape index (κ1) is 18.8. The number of pyridine rings is 2. The average Bonchev–Trinajstić information content (AvgIpc) is 3.01. The van der Waals surface area contributed by atoms with Gasteiger partial charge < -0.3 is 19.9 Å². The summed E-state index contributed by atoms with van der Waals surface area (Å²) < 4.78 is 5.72. The number of aryl methyl sites for hydroxylation is 2. The fraction of sp³-hybridized carbons (Fsp3) is 0.350. The highest BCUT2D eigenvalue weighted by molar-refractivity contribution is 6.11.